The first-order chi connectivity index (χ1) is 8.66. The molecular formula is C14H18BrNOS. The molecule has 0 aliphatic heterocycles. The molecule has 2 fully saturated rings. The molecule has 3 rings (SSSR count). The number of fused-ring (bicyclic) bond motifs is 1. The Balaban J connectivity index is 1.59. The molecule has 1 amide bonds. The summed E-state index contributed by atoms with van der Waals surface area (Å²) >= 11 is 5.17. The Labute approximate surface area is 120 Å². The van der Waals surface area contributed by atoms with Crippen LogP contribution in [-0.4, -0.2) is 17.9 Å². The fraction of sp³-hybridized carbons (Fsp3) is 0.643. The van der Waals surface area contributed by atoms with Gasteiger partial charge in [0, 0.05) is 27.7 Å². The van der Waals surface area contributed by atoms with Crippen LogP contribution < -0.4 is 0 Å². The van der Waals surface area contributed by atoms with Gasteiger partial charge in [0.05, 0.1) is 6.54 Å². The zero-order valence-electron chi connectivity index (χ0n) is 10.6. The summed E-state index contributed by atoms with van der Waals surface area (Å²) in [7, 11) is 1.94. The van der Waals surface area contributed by atoms with Crippen LogP contribution in [0.2, 0.25) is 0 Å². The third-order valence-electron chi connectivity index (χ3n) is 4.33. The second-order valence-corrected chi connectivity index (χ2v) is 7.47. The summed E-state index contributed by atoms with van der Waals surface area (Å²) in [5.74, 6) is 2.14. The van der Waals surface area contributed by atoms with Crippen LogP contribution in [0.5, 0.6) is 0 Å². The number of nitrogens with zero attached hydrogens (tertiary/aromatic N) is 1. The van der Waals surface area contributed by atoms with E-state index in [0.717, 1.165) is 11.0 Å². The van der Waals surface area contributed by atoms with Crippen LogP contribution in [0.15, 0.2) is 15.9 Å². The van der Waals surface area contributed by atoms with Gasteiger partial charge in [0.25, 0.3) is 0 Å². The normalized spacial score (nSPS) is 29.8. The number of thiophene rings is 1. The molecule has 1 aromatic rings. The zero-order valence-corrected chi connectivity index (χ0v) is 13.0. The quantitative estimate of drug-likeness (QED) is 0.824. The van der Waals surface area contributed by atoms with Crippen LogP contribution in [0.3, 0.4) is 0 Å². The standard InChI is InChI=1S/C14H18BrNOS/c1-16(7-10-6-9(15)8-18-10)14(17)13-11-4-2-3-5-12(11)13/h6,8,11-13H,2-5,7H2,1H3. The van der Waals surface area contributed by atoms with Gasteiger partial charge in [-0.3, -0.25) is 4.79 Å². The van der Waals surface area contributed by atoms with Gasteiger partial charge in [-0.2, -0.15) is 0 Å². The van der Waals surface area contributed by atoms with Crippen LogP contribution in [0.4, 0.5) is 0 Å². The van der Waals surface area contributed by atoms with E-state index in [2.05, 4.69) is 27.4 Å². The van der Waals surface area contributed by atoms with E-state index in [1.54, 1.807) is 11.3 Å². The topological polar surface area (TPSA) is 20.3 Å². The molecule has 2 aliphatic carbocycles. The van der Waals surface area contributed by atoms with Gasteiger partial charge in [-0.25, -0.2) is 0 Å². The molecule has 2 nitrogen and oxygen atoms in total. The summed E-state index contributed by atoms with van der Waals surface area (Å²) < 4.78 is 1.11. The van der Waals surface area contributed by atoms with Crippen molar-refractivity contribution in [3.63, 3.8) is 0 Å². The molecule has 0 spiro atoms. The van der Waals surface area contributed by atoms with E-state index in [1.807, 2.05) is 11.9 Å². The second kappa shape index (κ2) is 4.97. The van der Waals surface area contributed by atoms with Gasteiger partial charge < -0.3 is 4.90 Å². The number of halogens is 1. The number of amides is 1. The average molecular weight is 328 g/mol. The lowest BCUT2D eigenvalue weighted by Gasteiger charge is -2.16. The van der Waals surface area contributed by atoms with E-state index in [1.165, 1.54) is 30.6 Å². The molecule has 0 radical (unpaired) electrons. The molecule has 0 bridgehead atoms. The molecule has 1 aromatic heterocycles. The maximum Gasteiger partial charge on any atom is 0.226 e. The maximum absolute atomic E-state index is 12.4. The van der Waals surface area contributed by atoms with Crippen LogP contribution in [-0.2, 0) is 11.3 Å². The predicted molar refractivity (Wildman–Crippen MR) is 77.4 cm³/mol. The van der Waals surface area contributed by atoms with E-state index in [-0.39, 0.29) is 0 Å². The van der Waals surface area contributed by atoms with Crippen LogP contribution in [0, 0.1) is 17.8 Å². The Hall–Kier alpha value is -0.350. The van der Waals surface area contributed by atoms with Gasteiger partial charge in [0.2, 0.25) is 5.91 Å². The minimum Gasteiger partial charge on any atom is -0.340 e. The average Bonchev–Trinajstić information content (AvgIpc) is 2.96. The summed E-state index contributed by atoms with van der Waals surface area (Å²) in [6.07, 6.45) is 5.21. The molecule has 18 heavy (non-hydrogen) atoms. The van der Waals surface area contributed by atoms with Crippen molar-refractivity contribution in [2.24, 2.45) is 17.8 Å². The summed E-state index contributed by atoms with van der Waals surface area (Å²) in [6, 6.07) is 2.11. The summed E-state index contributed by atoms with van der Waals surface area (Å²) in [4.78, 5) is 15.6. The van der Waals surface area contributed by atoms with Gasteiger partial charge in [0.15, 0.2) is 0 Å². The highest BCUT2D eigenvalue weighted by molar-refractivity contribution is 9.10. The molecule has 2 atom stereocenters. The highest BCUT2D eigenvalue weighted by atomic mass is 79.9. The molecule has 0 saturated heterocycles. The van der Waals surface area contributed by atoms with Crippen molar-refractivity contribution in [3.05, 3.63) is 20.8 Å². The van der Waals surface area contributed by atoms with E-state index < -0.39 is 0 Å². The summed E-state index contributed by atoms with van der Waals surface area (Å²) in [6.45, 7) is 0.755. The second-order valence-electron chi connectivity index (χ2n) is 5.56. The fourth-order valence-corrected chi connectivity index (χ4v) is 4.86. The van der Waals surface area contributed by atoms with Gasteiger partial charge in [0.1, 0.15) is 0 Å². The van der Waals surface area contributed by atoms with Crippen molar-refractivity contribution in [2.45, 2.75) is 32.2 Å². The van der Waals surface area contributed by atoms with Crippen molar-refractivity contribution >= 4 is 33.2 Å². The van der Waals surface area contributed by atoms with E-state index in [9.17, 15) is 4.79 Å². The molecule has 4 heteroatoms. The molecule has 0 N–H and O–H groups in total. The van der Waals surface area contributed by atoms with Crippen molar-refractivity contribution in [1.29, 1.82) is 0 Å². The highest BCUT2D eigenvalue weighted by Gasteiger charge is 2.55. The van der Waals surface area contributed by atoms with Crippen LogP contribution in [0.1, 0.15) is 30.6 Å². The third-order valence-corrected chi connectivity index (χ3v) is 6.02. The third kappa shape index (κ3) is 2.37. The Kier molecular flexibility index (Phi) is 3.50. The minimum absolute atomic E-state index is 0.348. The van der Waals surface area contributed by atoms with Crippen molar-refractivity contribution in [2.75, 3.05) is 7.05 Å². The van der Waals surface area contributed by atoms with Gasteiger partial charge in [-0.15, -0.1) is 11.3 Å². The smallest absolute Gasteiger partial charge is 0.226 e. The number of carbonyl (C=O) groups excluding carboxylic acids is 1. The Morgan fingerprint density at radius 2 is 2.11 bits per heavy atom. The molecule has 98 valence electrons. The van der Waals surface area contributed by atoms with E-state index >= 15 is 0 Å². The first-order valence-corrected chi connectivity index (χ1v) is 8.32. The number of hydrogen-bond acceptors (Lipinski definition) is 2. The molecule has 2 saturated carbocycles. The minimum atomic E-state index is 0.348. The zero-order chi connectivity index (χ0) is 12.7. The largest absolute Gasteiger partial charge is 0.340 e. The summed E-state index contributed by atoms with van der Waals surface area (Å²) in [5.41, 5.74) is 0. The first-order valence-electron chi connectivity index (χ1n) is 6.64. The molecule has 2 aliphatic rings. The summed E-state index contributed by atoms with van der Waals surface area (Å²) in [5, 5.41) is 2.07. The molecule has 1 heterocycles. The highest BCUT2D eigenvalue weighted by Crippen LogP contribution is 2.56. The molecule has 0 aromatic carbocycles. The van der Waals surface area contributed by atoms with Gasteiger partial charge >= 0.3 is 0 Å². The lowest BCUT2D eigenvalue weighted by atomic mass is 10.0. The molecular weight excluding hydrogens is 310 g/mol. The molecule has 2 unspecified atom stereocenters. The van der Waals surface area contributed by atoms with Crippen LogP contribution in [0.25, 0.3) is 0 Å². The number of rotatable bonds is 3. The van der Waals surface area contributed by atoms with Crippen molar-refractivity contribution < 1.29 is 4.79 Å². The van der Waals surface area contributed by atoms with Gasteiger partial charge in [-0.1, -0.05) is 12.8 Å². The fourth-order valence-electron chi connectivity index (χ4n) is 3.36. The SMILES string of the molecule is CN(Cc1cc(Br)cs1)C(=O)C1C2CCCCC21. The van der Waals surface area contributed by atoms with Gasteiger partial charge in [-0.05, 0) is 46.7 Å². The Morgan fingerprint density at radius 1 is 1.44 bits per heavy atom. The maximum atomic E-state index is 12.4. The van der Waals surface area contributed by atoms with E-state index in [0.29, 0.717) is 23.7 Å². The number of hydrogen-bond donors (Lipinski definition) is 0. The van der Waals surface area contributed by atoms with Crippen molar-refractivity contribution in [3.8, 4) is 0 Å². The Morgan fingerprint density at radius 3 is 2.67 bits per heavy atom. The number of carbonyl (C=O) groups is 1. The van der Waals surface area contributed by atoms with E-state index in [4.69, 9.17) is 0 Å². The van der Waals surface area contributed by atoms with Crippen molar-refractivity contribution in [1.82, 2.24) is 4.90 Å². The lowest BCUT2D eigenvalue weighted by molar-refractivity contribution is -0.132. The monoisotopic (exact) mass is 327 g/mol. The Bertz CT molecular complexity index is 446. The lowest BCUT2D eigenvalue weighted by Crippen LogP contribution is -2.28. The first kappa shape index (κ1) is 12.7. The van der Waals surface area contributed by atoms with Crippen LogP contribution >= 0.6 is 27.3 Å². The predicted octanol–water partition coefficient (Wildman–Crippen LogP) is 3.91.